The van der Waals surface area contributed by atoms with Gasteiger partial charge in [0.05, 0.1) is 13.2 Å². The molecule has 0 N–H and O–H groups in total. The SMILES string of the molecule is CCOP(C)(=O)OCC.[LiH]. The van der Waals surface area contributed by atoms with Crippen LogP contribution in [0, 0.1) is 0 Å². The Kier molecular flexibility index (Phi) is 8.62. The van der Waals surface area contributed by atoms with E-state index in [9.17, 15) is 4.57 Å². The summed E-state index contributed by atoms with van der Waals surface area (Å²) >= 11 is 0. The molecule has 0 aromatic rings. The molecule has 0 aromatic heterocycles. The van der Waals surface area contributed by atoms with Crippen molar-refractivity contribution < 1.29 is 13.6 Å². The van der Waals surface area contributed by atoms with Gasteiger partial charge in [0.25, 0.3) is 0 Å². The first kappa shape index (κ1) is 13.3. The molecule has 3 nitrogen and oxygen atoms in total. The topological polar surface area (TPSA) is 35.5 Å². The van der Waals surface area contributed by atoms with Crippen LogP contribution in [0.5, 0.6) is 0 Å². The molecule has 0 saturated heterocycles. The summed E-state index contributed by atoms with van der Waals surface area (Å²) in [7, 11) is -2.69. The molecule has 5 heteroatoms. The Hall–Kier alpha value is 0.747. The van der Waals surface area contributed by atoms with Crippen LogP contribution in [0.2, 0.25) is 0 Å². The van der Waals surface area contributed by atoms with Gasteiger partial charge in [-0.2, -0.15) is 0 Å². The van der Waals surface area contributed by atoms with Crippen molar-refractivity contribution in [3.8, 4) is 0 Å². The molecule has 0 saturated carbocycles. The summed E-state index contributed by atoms with van der Waals surface area (Å²) in [5, 5.41) is 0. The molecule has 58 valence electrons. The van der Waals surface area contributed by atoms with Gasteiger partial charge in [-0.15, -0.1) is 0 Å². The van der Waals surface area contributed by atoms with E-state index < -0.39 is 7.60 Å². The van der Waals surface area contributed by atoms with Crippen LogP contribution in [0.3, 0.4) is 0 Å². The van der Waals surface area contributed by atoms with E-state index in [4.69, 9.17) is 9.05 Å². The van der Waals surface area contributed by atoms with Crippen LogP contribution < -0.4 is 0 Å². The summed E-state index contributed by atoms with van der Waals surface area (Å²) in [6.45, 7) is 5.92. The van der Waals surface area contributed by atoms with Gasteiger partial charge in [-0.05, 0) is 13.8 Å². The van der Waals surface area contributed by atoms with Crippen molar-refractivity contribution in [1.29, 1.82) is 0 Å². The van der Waals surface area contributed by atoms with Crippen LogP contribution in [0.15, 0.2) is 0 Å². The molecule has 0 fully saturated rings. The molecule has 0 spiro atoms. The maximum absolute atomic E-state index is 11.0. The third-order valence-corrected chi connectivity index (χ3v) is 2.18. The Labute approximate surface area is 74.2 Å². The maximum atomic E-state index is 11.0. The van der Waals surface area contributed by atoms with E-state index in [1.807, 2.05) is 0 Å². The normalized spacial score (nSPS) is 10.7. The zero-order valence-corrected chi connectivity index (χ0v) is 6.98. The average Bonchev–Trinajstić information content (AvgIpc) is 1.64. The van der Waals surface area contributed by atoms with Crippen LogP contribution >= 0.6 is 7.60 Å². The van der Waals surface area contributed by atoms with Crippen molar-refractivity contribution in [3.63, 3.8) is 0 Å². The fourth-order valence-corrected chi connectivity index (χ4v) is 1.52. The van der Waals surface area contributed by atoms with Gasteiger partial charge in [0.1, 0.15) is 0 Å². The molecule has 0 aliphatic carbocycles. The zero-order valence-electron chi connectivity index (χ0n) is 6.09. The van der Waals surface area contributed by atoms with E-state index in [0.717, 1.165) is 0 Å². The van der Waals surface area contributed by atoms with E-state index in [1.54, 1.807) is 13.8 Å². The van der Waals surface area contributed by atoms with Gasteiger partial charge >= 0.3 is 26.5 Å². The van der Waals surface area contributed by atoms with Crippen LogP contribution in [-0.4, -0.2) is 38.7 Å². The van der Waals surface area contributed by atoms with Crippen LogP contribution in [0.25, 0.3) is 0 Å². The second-order valence-electron chi connectivity index (χ2n) is 1.61. The van der Waals surface area contributed by atoms with Gasteiger partial charge in [-0.3, -0.25) is 4.57 Å². The Morgan fingerprint density at radius 1 is 1.20 bits per heavy atom. The second-order valence-corrected chi connectivity index (χ2v) is 3.67. The number of hydrogen-bond donors (Lipinski definition) is 0. The molecule has 0 unspecified atom stereocenters. The van der Waals surface area contributed by atoms with Crippen molar-refractivity contribution in [2.24, 2.45) is 0 Å². The van der Waals surface area contributed by atoms with E-state index in [0.29, 0.717) is 13.2 Å². The van der Waals surface area contributed by atoms with Crippen LogP contribution in [0.4, 0.5) is 0 Å². The van der Waals surface area contributed by atoms with Crippen molar-refractivity contribution in [2.75, 3.05) is 19.9 Å². The molecule has 0 atom stereocenters. The predicted molar refractivity (Wildman–Crippen MR) is 43.9 cm³/mol. The molecular formula is C5H14LiO3P. The minimum absolute atomic E-state index is 0. The Balaban J connectivity index is 0. The molecule has 0 amide bonds. The van der Waals surface area contributed by atoms with E-state index in [1.165, 1.54) is 6.66 Å². The number of rotatable bonds is 4. The summed E-state index contributed by atoms with van der Waals surface area (Å²) < 4.78 is 20.6. The Bertz CT molecular complexity index is 107. The standard InChI is InChI=1S/C5H13O3P.Li.H/c1-4-7-9(3,6)8-5-2;;/h4-5H2,1-3H3;;. The third kappa shape index (κ3) is 6.86. The molecular weight excluding hydrogens is 146 g/mol. The molecule has 0 aromatic carbocycles. The van der Waals surface area contributed by atoms with Gasteiger partial charge in [0.2, 0.25) is 0 Å². The van der Waals surface area contributed by atoms with E-state index in [2.05, 4.69) is 0 Å². The van der Waals surface area contributed by atoms with E-state index in [-0.39, 0.29) is 18.9 Å². The first-order valence-corrected chi connectivity index (χ1v) is 4.98. The average molecular weight is 160 g/mol. The first-order valence-electron chi connectivity index (χ1n) is 2.99. The monoisotopic (exact) mass is 160 g/mol. The van der Waals surface area contributed by atoms with Gasteiger partial charge in [0.15, 0.2) is 0 Å². The Morgan fingerprint density at radius 2 is 1.50 bits per heavy atom. The van der Waals surface area contributed by atoms with Crippen LogP contribution in [0.1, 0.15) is 13.8 Å². The summed E-state index contributed by atoms with van der Waals surface area (Å²) in [4.78, 5) is 0. The number of hydrogen-bond acceptors (Lipinski definition) is 3. The molecule has 0 radical (unpaired) electrons. The fourth-order valence-electron chi connectivity index (χ4n) is 0.506. The Morgan fingerprint density at radius 3 is 1.70 bits per heavy atom. The van der Waals surface area contributed by atoms with Crippen molar-refractivity contribution >= 4 is 26.5 Å². The van der Waals surface area contributed by atoms with Crippen molar-refractivity contribution in [2.45, 2.75) is 13.8 Å². The molecule has 0 heterocycles. The predicted octanol–water partition coefficient (Wildman–Crippen LogP) is 1.23. The minimum atomic E-state index is -2.69. The van der Waals surface area contributed by atoms with Gasteiger partial charge in [-0.1, -0.05) is 0 Å². The summed E-state index contributed by atoms with van der Waals surface area (Å²) in [5.74, 6) is 0. The molecule has 0 aliphatic rings. The quantitative estimate of drug-likeness (QED) is 0.458. The van der Waals surface area contributed by atoms with Gasteiger partial charge < -0.3 is 9.05 Å². The molecule has 0 rings (SSSR count). The molecule has 0 aliphatic heterocycles. The summed E-state index contributed by atoms with van der Waals surface area (Å²) in [6.07, 6.45) is 0. The summed E-state index contributed by atoms with van der Waals surface area (Å²) in [5.41, 5.74) is 0. The molecule has 10 heavy (non-hydrogen) atoms. The fraction of sp³-hybridized carbons (Fsp3) is 1.00. The van der Waals surface area contributed by atoms with Crippen molar-refractivity contribution in [3.05, 3.63) is 0 Å². The second kappa shape index (κ2) is 6.46. The molecule has 0 bridgehead atoms. The van der Waals surface area contributed by atoms with Crippen LogP contribution in [-0.2, 0) is 13.6 Å². The first-order chi connectivity index (χ1) is 4.12. The zero-order chi connectivity index (χ0) is 7.33. The summed E-state index contributed by atoms with van der Waals surface area (Å²) in [6, 6.07) is 0. The van der Waals surface area contributed by atoms with Crippen molar-refractivity contribution in [1.82, 2.24) is 0 Å². The van der Waals surface area contributed by atoms with E-state index >= 15 is 0 Å². The third-order valence-electron chi connectivity index (χ3n) is 0.727. The van der Waals surface area contributed by atoms with Gasteiger partial charge in [-0.25, -0.2) is 0 Å². The van der Waals surface area contributed by atoms with Gasteiger partial charge in [0, 0.05) is 6.66 Å².